The minimum Gasteiger partial charge on any atom is -0.457 e. The number of rotatable bonds is 6. The first-order valence-corrected chi connectivity index (χ1v) is 7.98. The van der Waals surface area contributed by atoms with E-state index in [4.69, 9.17) is 9.47 Å². The van der Waals surface area contributed by atoms with E-state index in [1.807, 2.05) is 54.6 Å². The first-order valence-electron chi connectivity index (χ1n) is 7.98. The number of para-hydroxylation sites is 2. The second-order valence-corrected chi connectivity index (χ2v) is 5.54. The van der Waals surface area contributed by atoms with Crippen LogP contribution in [0.5, 0.6) is 11.5 Å². The average molecular weight is 311 g/mol. The minimum absolute atomic E-state index is 0.114. The van der Waals surface area contributed by atoms with Gasteiger partial charge in [-0.3, -0.25) is 9.69 Å². The molecule has 1 aliphatic rings. The predicted molar refractivity (Wildman–Crippen MR) is 89.2 cm³/mol. The lowest BCUT2D eigenvalue weighted by atomic mass is 10.1. The number of morpholine rings is 1. The van der Waals surface area contributed by atoms with Crippen molar-refractivity contribution in [3.05, 3.63) is 60.2 Å². The molecule has 0 aromatic heterocycles. The van der Waals surface area contributed by atoms with Crippen molar-refractivity contribution in [3.63, 3.8) is 0 Å². The van der Waals surface area contributed by atoms with E-state index < -0.39 is 0 Å². The van der Waals surface area contributed by atoms with E-state index in [0.717, 1.165) is 38.6 Å². The summed E-state index contributed by atoms with van der Waals surface area (Å²) in [6.45, 7) is 4.07. The highest BCUT2D eigenvalue weighted by atomic mass is 16.5. The van der Waals surface area contributed by atoms with Crippen LogP contribution < -0.4 is 4.74 Å². The van der Waals surface area contributed by atoms with Gasteiger partial charge in [-0.25, -0.2) is 0 Å². The highest BCUT2D eigenvalue weighted by molar-refractivity contribution is 5.98. The van der Waals surface area contributed by atoms with Crippen LogP contribution in [0.15, 0.2) is 54.6 Å². The molecule has 1 heterocycles. The molecule has 120 valence electrons. The lowest BCUT2D eigenvalue weighted by molar-refractivity contribution is 0.0370. The zero-order valence-corrected chi connectivity index (χ0v) is 13.1. The summed E-state index contributed by atoms with van der Waals surface area (Å²) in [5.74, 6) is 1.47. The lowest BCUT2D eigenvalue weighted by Crippen LogP contribution is -2.37. The first kappa shape index (κ1) is 15.7. The predicted octanol–water partition coefficient (Wildman–Crippen LogP) is 3.38. The Kier molecular flexibility index (Phi) is 5.40. The van der Waals surface area contributed by atoms with Crippen molar-refractivity contribution >= 4 is 5.78 Å². The summed E-state index contributed by atoms with van der Waals surface area (Å²) in [4.78, 5) is 14.8. The molecule has 0 radical (unpaired) electrons. The summed E-state index contributed by atoms with van der Waals surface area (Å²) in [5, 5.41) is 0. The largest absolute Gasteiger partial charge is 0.457 e. The highest BCUT2D eigenvalue weighted by Gasteiger charge is 2.16. The zero-order valence-electron chi connectivity index (χ0n) is 13.1. The van der Waals surface area contributed by atoms with Gasteiger partial charge in [0.1, 0.15) is 11.5 Å². The molecule has 0 aliphatic carbocycles. The Morgan fingerprint density at radius 3 is 2.48 bits per heavy atom. The number of nitrogens with zero attached hydrogens (tertiary/aromatic N) is 1. The van der Waals surface area contributed by atoms with E-state index in [-0.39, 0.29) is 5.78 Å². The molecule has 2 aromatic carbocycles. The number of carbonyl (C=O) groups excluding carboxylic acids is 1. The van der Waals surface area contributed by atoms with E-state index in [9.17, 15) is 4.79 Å². The number of hydrogen-bond acceptors (Lipinski definition) is 4. The molecule has 1 aliphatic heterocycles. The number of benzene rings is 2. The molecule has 0 saturated carbocycles. The van der Waals surface area contributed by atoms with Gasteiger partial charge in [-0.1, -0.05) is 30.3 Å². The van der Waals surface area contributed by atoms with E-state index >= 15 is 0 Å². The van der Waals surface area contributed by atoms with E-state index in [1.54, 1.807) is 0 Å². The molecule has 1 fully saturated rings. The number of hydrogen-bond donors (Lipinski definition) is 0. The maximum Gasteiger partial charge on any atom is 0.167 e. The SMILES string of the molecule is O=C(CCN1CCOCC1)c1ccccc1Oc1ccccc1. The van der Waals surface area contributed by atoms with Crippen LogP contribution in [0.4, 0.5) is 0 Å². The van der Waals surface area contributed by atoms with Gasteiger partial charge >= 0.3 is 0 Å². The molecule has 0 bridgehead atoms. The van der Waals surface area contributed by atoms with Crippen LogP contribution in [0.3, 0.4) is 0 Å². The van der Waals surface area contributed by atoms with Gasteiger partial charge in [-0.2, -0.15) is 0 Å². The highest BCUT2D eigenvalue weighted by Crippen LogP contribution is 2.26. The maximum absolute atomic E-state index is 12.6. The van der Waals surface area contributed by atoms with Gasteiger partial charge in [-0.05, 0) is 24.3 Å². The fraction of sp³-hybridized carbons (Fsp3) is 0.316. The second kappa shape index (κ2) is 7.90. The number of ketones is 1. The molecule has 0 N–H and O–H groups in total. The molecule has 23 heavy (non-hydrogen) atoms. The standard InChI is InChI=1S/C19H21NO3/c21-18(10-11-20-12-14-22-15-13-20)17-8-4-5-9-19(17)23-16-6-2-1-3-7-16/h1-9H,10-15H2. The van der Waals surface area contributed by atoms with Crippen LogP contribution in [-0.2, 0) is 4.74 Å². The topological polar surface area (TPSA) is 38.8 Å². The summed E-state index contributed by atoms with van der Waals surface area (Å²) in [7, 11) is 0. The van der Waals surface area contributed by atoms with Gasteiger partial charge < -0.3 is 9.47 Å². The van der Waals surface area contributed by atoms with Crippen LogP contribution in [0.25, 0.3) is 0 Å². The first-order chi connectivity index (χ1) is 11.3. The number of ether oxygens (including phenoxy) is 2. The monoisotopic (exact) mass is 311 g/mol. The van der Waals surface area contributed by atoms with Gasteiger partial charge in [0.15, 0.2) is 5.78 Å². The van der Waals surface area contributed by atoms with Crippen molar-refractivity contribution in [3.8, 4) is 11.5 Å². The number of Topliss-reactive ketones (excluding diaryl/α,β-unsaturated/α-hetero) is 1. The van der Waals surface area contributed by atoms with Crippen LogP contribution in [0.2, 0.25) is 0 Å². The molecule has 0 amide bonds. The van der Waals surface area contributed by atoms with Crippen molar-refractivity contribution in [1.82, 2.24) is 4.90 Å². The molecule has 4 heteroatoms. The van der Waals surface area contributed by atoms with Crippen molar-refractivity contribution in [1.29, 1.82) is 0 Å². The van der Waals surface area contributed by atoms with Gasteiger partial charge in [0, 0.05) is 26.1 Å². The Morgan fingerprint density at radius 1 is 1.00 bits per heavy atom. The quantitative estimate of drug-likeness (QED) is 0.767. The van der Waals surface area contributed by atoms with Crippen LogP contribution >= 0.6 is 0 Å². The molecule has 4 nitrogen and oxygen atoms in total. The molecule has 3 rings (SSSR count). The van der Waals surface area contributed by atoms with Gasteiger partial charge in [0.05, 0.1) is 18.8 Å². The van der Waals surface area contributed by atoms with Crippen LogP contribution in [0, 0.1) is 0 Å². The molecule has 0 spiro atoms. The summed E-state index contributed by atoms with van der Waals surface area (Å²) >= 11 is 0. The Hall–Kier alpha value is -2.17. The molecular formula is C19H21NO3. The van der Waals surface area contributed by atoms with Crippen molar-refractivity contribution in [2.75, 3.05) is 32.8 Å². The Bertz CT molecular complexity index is 636. The van der Waals surface area contributed by atoms with Gasteiger partial charge in [-0.15, -0.1) is 0 Å². The third-order valence-corrected chi connectivity index (χ3v) is 3.92. The Balaban J connectivity index is 1.65. The third-order valence-electron chi connectivity index (χ3n) is 3.92. The lowest BCUT2D eigenvalue weighted by Gasteiger charge is -2.26. The second-order valence-electron chi connectivity index (χ2n) is 5.54. The summed E-state index contributed by atoms with van der Waals surface area (Å²) < 4.78 is 11.2. The van der Waals surface area contributed by atoms with Gasteiger partial charge in [0.25, 0.3) is 0 Å². The fourth-order valence-electron chi connectivity index (χ4n) is 2.62. The van der Waals surface area contributed by atoms with E-state index in [0.29, 0.717) is 17.7 Å². The third kappa shape index (κ3) is 4.41. The van der Waals surface area contributed by atoms with E-state index in [2.05, 4.69) is 4.90 Å². The molecule has 1 saturated heterocycles. The zero-order chi connectivity index (χ0) is 15.9. The van der Waals surface area contributed by atoms with Crippen LogP contribution in [0.1, 0.15) is 16.8 Å². The summed E-state index contributed by atoms with van der Waals surface area (Å²) in [6.07, 6.45) is 0.495. The summed E-state index contributed by atoms with van der Waals surface area (Å²) in [6, 6.07) is 17.0. The Labute approximate surface area is 136 Å². The van der Waals surface area contributed by atoms with Crippen molar-refractivity contribution < 1.29 is 14.3 Å². The Morgan fingerprint density at radius 2 is 1.70 bits per heavy atom. The molecule has 0 atom stereocenters. The van der Waals surface area contributed by atoms with Crippen molar-refractivity contribution in [2.45, 2.75) is 6.42 Å². The van der Waals surface area contributed by atoms with Crippen molar-refractivity contribution in [2.24, 2.45) is 0 Å². The number of carbonyl (C=O) groups is 1. The van der Waals surface area contributed by atoms with Gasteiger partial charge in [0.2, 0.25) is 0 Å². The van der Waals surface area contributed by atoms with Crippen LogP contribution in [-0.4, -0.2) is 43.5 Å². The maximum atomic E-state index is 12.6. The summed E-state index contributed by atoms with van der Waals surface area (Å²) in [5.41, 5.74) is 0.643. The molecule has 2 aromatic rings. The molecular weight excluding hydrogens is 290 g/mol. The van der Waals surface area contributed by atoms with E-state index in [1.165, 1.54) is 0 Å². The normalized spacial score (nSPS) is 15.3. The molecule has 0 unspecified atom stereocenters. The smallest absolute Gasteiger partial charge is 0.167 e. The minimum atomic E-state index is 0.114. The fourth-order valence-corrected chi connectivity index (χ4v) is 2.62. The average Bonchev–Trinajstić information content (AvgIpc) is 2.62.